The highest BCUT2D eigenvalue weighted by atomic mass is 32.2. The lowest BCUT2D eigenvalue weighted by Crippen LogP contribution is -2.14. The molecule has 0 bridgehead atoms. The highest BCUT2D eigenvalue weighted by Gasteiger charge is 2.31. The minimum absolute atomic E-state index is 0.0520. The van der Waals surface area contributed by atoms with Gasteiger partial charge in [-0.05, 0) is 39.2 Å². The van der Waals surface area contributed by atoms with Crippen LogP contribution < -0.4 is 0 Å². The van der Waals surface area contributed by atoms with Crippen LogP contribution in [0, 0.1) is 13.8 Å². The van der Waals surface area contributed by atoms with Crippen molar-refractivity contribution in [2.75, 3.05) is 17.3 Å². The van der Waals surface area contributed by atoms with E-state index in [0.29, 0.717) is 17.7 Å². The zero-order valence-corrected chi connectivity index (χ0v) is 18.0. The van der Waals surface area contributed by atoms with E-state index in [2.05, 4.69) is 14.8 Å². The smallest absolute Gasteiger partial charge is 0.191 e. The molecular formula is C19H26N4O3S2. The van der Waals surface area contributed by atoms with E-state index in [4.69, 9.17) is 0 Å². The summed E-state index contributed by atoms with van der Waals surface area (Å²) in [6.07, 6.45) is 5.04. The van der Waals surface area contributed by atoms with Crippen LogP contribution in [-0.2, 0) is 22.8 Å². The van der Waals surface area contributed by atoms with Crippen LogP contribution in [0.15, 0.2) is 11.2 Å². The van der Waals surface area contributed by atoms with Crippen LogP contribution in [0.4, 0.5) is 0 Å². The van der Waals surface area contributed by atoms with E-state index in [1.54, 1.807) is 0 Å². The molecule has 2 aromatic rings. The lowest BCUT2D eigenvalue weighted by atomic mass is 10.2. The molecule has 1 atom stereocenters. The van der Waals surface area contributed by atoms with Gasteiger partial charge in [0.2, 0.25) is 0 Å². The standard InChI is InChI=1S/C19H26N4O3S2/c1-13-10-16(14(2)23(13)15-7-9-28(25,26)12-15)17(24)11-27-19-21-20-18-6-4-3-5-8-22(18)19/h10,15H,3-9,11-12H2,1-2H3/t15-/m1/s1. The maximum absolute atomic E-state index is 12.9. The number of hydrogen-bond acceptors (Lipinski definition) is 6. The molecule has 2 aliphatic heterocycles. The number of aromatic nitrogens is 4. The second kappa shape index (κ2) is 7.67. The zero-order chi connectivity index (χ0) is 19.9. The maximum Gasteiger partial charge on any atom is 0.191 e. The van der Waals surface area contributed by atoms with E-state index in [0.717, 1.165) is 48.2 Å². The van der Waals surface area contributed by atoms with Crippen LogP contribution in [0.25, 0.3) is 0 Å². The van der Waals surface area contributed by atoms with E-state index < -0.39 is 9.84 Å². The molecule has 4 rings (SSSR count). The Morgan fingerprint density at radius 1 is 1.25 bits per heavy atom. The van der Waals surface area contributed by atoms with E-state index >= 15 is 0 Å². The number of fused-ring (bicyclic) bond motifs is 1. The third-order valence-electron chi connectivity index (χ3n) is 5.77. The fourth-order valence-corrected chi connectivity index (χ4v) is 6.94. The second-order valence-electron chi connectivity index (χ2n) is 7.78. The van der Waals surface area contributed by atoms with Crippen LogP contribution >= 0.6 is 11.8 Å². The SMILES string of the molecule is Cc1cc(C(=O)CSc2nnc3n2CCCCC3)c(C)n1[C@@H]1CCS(=O)(=O)C1. The van der Waals surface area contributed by atoms with Gasteiger partial charge in [0.1, 0.15) is 5.82 Å². The molecule has 9 heteroatoms. The number of thioether (sulfide) groups is 1. The highest BCUT2D eigenvalue weighted by Crippen LogP contribution is 2.30. The molecule has 2 aliphatic rings. The summed E-state index contributed by atoms with van der Waals surface area (Å²) < 4.78 is 27.9. The second-order valence-corrected chi connectivity index (χ2v) is 11.0. The molecule has 0 N–H and O–H groups in total. The first-order valence-corrected chi connectivity index (χ1v) is 12.6. The normalized spacial score (nSPS) is 21.4. The molecule has 4 heterocycles. The van der Waals surface area contributed by atoms with Crippen molar-refractivity contribution in [1.29, 1.82) is 0 Å². The summed E-state index contributed by atoms with van der Waals surface area (Å²) in [5, 5.41) is 9.39. The Morgan fingerprint density at radius 3 is 2.82 bits per heavy atom. The molecule has 1 saturated heterocycles. The first kappa shape index (κ1) is 19.7. The number of aryl methyl sites for hydroxylation is 2. The first-order chi connectivity index (χ1) is 13.4. The van der Waals surface area contributed by atoms with Gasteiger partial charge in [-0.1, -0.05) is 18.2 Å². The van der Waals surface area contributed by atoms with E-state index in [9.17, 15) is 13.2 Å². The number of carbonyl (C=O) groups excluding carboxylic acids is 1. The van der Waals surface area contributed by atoms with Gasteiger partial charge in [-0.2, -0.15) is 0 Å². The largest absolute Gasteiger partial charge is 0.344 e. The molecule has 2 aromatic heterocycles. The summed E-state index contributed by atoms with van der Waals surface area (Å²) in [5.41, 5.74) is 2.50. The Hall–Kier alpha value is -1.61. The van der Waals surface area contributed by atoms with E-state index in [1.807, 2.05) is 24.5 Å². The Labute approximate surface area is 169 Å². The molecule has 28 heavy (non-hydrogen) atoms. The van der Waals surface area contributed by atoms with E-state index in [-0.39, 0.29) is 23.3 Å². The number of carbonyl (C=O) groups is 1. The van der Waals surface area contributed by atoms with Crippen LogP contribution in [0.2, 0.25) is 0 Å². The number of rotatable bonds is 5. The van der Waals surface area contributed by atoms with Gasteiger partial charge >= 0.3 is 0 Å². The molecule has 152 valence electrons. The molecule has 0 aliphatic carbocycles. The van der Waals surface area contributed by atoms with Gasteiger partial charge in [0.05, 0.1) is 17.3 Å². The summed E-state index contributed by atoms with van der Waals surface area (Å²) in [7, 11) is -2.97. The molecular weight excluding hydrogens is 396 g/mol. The molecule has 0 aromatic carbocycles. The van der Waals surface area contributed by atoms with Crippen LogP contribution in [0.1, 0.15) is 59.3 Å². The van der Waals surface area contributed by atoms with E-state index in [1.165, 1.54) is 18.2 Å². The van der Waals surface area contributed by atoms with Gasteiger partial charge in [0.25, 0.3) is 0 Å². The molecule has 0 radical (unpaired) electrons. The Kier molecular flexibility index (Phi) is 5.39. The van der Waals surface area contributed by atoms with Crippen molar-refractivity contribution in [3.05, 3.63) is 28.8 Å². The van der Waals surface area contributed by atoms with Crippen molar-refractivity contribution < 1.29 is 13.2 Å². The average molecular weight is 423 g/mol. The summed E-state index contributed by atoms with van der Waals surface area (Å²) in [6, 6.07) is 1.83. The topological polar surface area (TPSA) is 86.8 Å². The first-order valence-electron chi connectivity index (χ1n) is 9.82. The van der Waals surface area contributed by atoms with Crippen molar-refractivity contribution in [2.45, 2.75) is 63.7 Å². The third-order valence-corrected chi connectivity index (χ3v) is 8.48. The van der Waals surface area contributed by atoms with Gasteiger partial charge in [-0.15, -0.1) is 10.2 Å². The monoisotopic (exact) mass is 422 g/mol. The minimum atomic E-state index is -2.97. The zero-order valence-electron chi connectivity index (χ0n) is 16.3. The summed E-state index contributed by atoms with van der Waals surface area (Å²) in [5.74, 6) is 1.78. The number of Topliss-reactive ketones (excluding diaryl/α,β-unsaturated/α-hetero) is 1. The van der Waals surface area contributed by atoms with Gasteiger partial charge in [0.15, 0.2) is 20.8 Å². The molecule has 1 fully saturated rings. The molecule has 0 saturated carbocycles. The highest BCUT2D eigenvalue weighted by molar-refractivity contribution is 7.99. The molecule has 0 unspecified atom stereocenters. The predicted octanol–water partition coefficient (Wildman–Crippen LogP) is 2.76. The third kappa shape index (κ3) is 3.78. The number of sulfone groups is 1. The maximum atomic E-state index is 12.9. The van der Waals surface area contributed by atoms with Crippen molar-refractivity contribution in [3.8, 4) is 0 Å². The fraction of sp³-hybridized carbons (Fsp3) is 0.632. The number of nitrogens with zero attached hydrogens (tertiary/aromatic N) is 4. The quantitative estimate of drug-likeness (QED) is 0.544. The average Bonchev–Trinajstić information content (AvgIpc) is 3.22. The van der Waals surface area contributed by atoms with Crippen molar-refractivity contribution in [1.82, 2.24) is 19.3 Å². The summed E-state index contributed by atoms with van der Waals surface area (Å²) in [6.45, 7) is 4.78. The fourth-order valence-electron chi connectivity index (χ4n) is 4.37. The molecule has 7 nitrogen and oxygen atoms in total. The number of ketones is 1. The Balaban J connectivity index is 1.49. The van der Waals surface area contributed by atoms with Crippen LogP contribution in [-0.4, -0.2) is 50.8 Å². The summed E-state index contributed by atoms with van der Waals surface area (Å²) in [4.78, 5) is 12.9. The molecule has 0 spiro atoms. The van der Waals surface area contributed by atoms with Crippen LogP contribution in [0.5, 0.6) is 0 Å². The van der Waals surface area contributed by atoms with Crippen molar-refractivity contribution >= 4 is 27.4 Å². The van der Waals surface area contributed by atoms with Crippen LogP contribution in [0.3, 0.4) is 0 Å². The predicted molar refractivity (Wildman–Crippen MR) is 109 cm³/mol. The Morgan fingerprint density at radius 2 is 2.07 bits per heavy atom. The van der Waals surface area contributed by atoms with Gasteiger partial charge in [-0.3, -0.25) is 4.79 Å². The lowest BCUT2D eigenvalue weighted by molar-refractivity contribution is 0.102. The molecule has 0 amide bonds. The number of hydrogen-bond donors (Lipinski definition) is 0. The van der Waals surface area contributed by atoms with Gasteiger partial charge in [-0.25, -0.2) is 8.42 Å². The van der Waals surface area contributed by atoms with Crippen molar-refractivity contribution in [2.24, 2.45) is 0 Å². The van der Waals surface area contributed by atoms with Crippen molar-refractivity contribution in [3.63, 3.8) is 0 Å². The van der Waals surface area contributed by atoms with Gasteiger partial charge in [0, 0.05) is 36.0 Å². The van der Waals surface area contributed by atoms with Gasteiger partial charge < -0.3 is 9.13 Å². The summed E-state index contributed by atoms with van der Waals surface area (Å²) >= 11 is 1.44. The minimum Gasteiger partial charge on any atom is -0.344 e. The lowest BCUT2D eigenvalue weighted by Gasteiger charge is -2.16. The Bertz CT molecular complexity index is 1010.